The van der Waals surface area contributed by atoms with Crippen LogP contribution in [0.2, 0.25) is 0 Å². The van der Waals surface area contributed by atoms with Crippen LogP contribution in [0.3, 0.4) is 0 Å². The Bertz CT molecular complexity index is 1490. The fraction of sp³-hybridized carbons (Fsp3) is 0.552. The summed E-state index contributed by atoms with van der Waals surface area (Å²) < 4.78 is 56.4. The molecule has 0 saturated carbocycles. The summed E-state index contributed by atoms with van der Waals surface area (Å²) in [5, 5.41) is 12.2. The lowest BCUT2D eigenvalue weighted by Gasteiger charge is -2.42. The lowest BCUT2D eigenvalue weighted by molar-refractivity contribution is -0.258. The van der Waals surface area contributed by atoms with E-state index in [9.17, 15) is 32.7 Å². The Kier molecular flexibility index (Phi) is 7.73. The predicted octanol–water partition coefficient (Wildman–Crippen LogP) is 2.59. The molecule has 1 spiro atoms. The van der Waals surface area contributed by atoms with Gasteiger partial charge in [-0.2, -0.15) is 5.06 Å². The number of nitrogens with two attached hydrogens (primary N) is 1. The molecule has 3 N–H and O–H groups in total. The van der Waals surface area contributed by atoms with Gasteiger partial charge in [0.1, 0.15) is 34.8 Å². The van der Waals surface area contributed by atoms with Crippen LogP contribution in [-0.4, -0.2) is 75.7 Å². The van der Waals surface area contributed by atoms with Gasteiger partial charge in [-0.25, -0.2) is 13.2 Å². The zero-order chi connectivity index (χ0) is 30.6. The van der Waals surface area contributed by atoms with E-state index in [1.54, 1.807) is 4.90 Å². The number of rotatable bonds is 6. The van der Waals surface area contributed by atoms with E-state index in [2.05, 4.69) is 0 Å². The van der Waals surface area contributed by atoms with Crippen LogP contribution in [0.1, 0.15) is 71.5 Å². The average Bonchev–Trinajstić information content (AvgIpc) is 3.26. The molecule has 4 atom stereocenters. The molecular formula is C29H33F3N4O7. The van der Waals surface area contributed by atoms with Crippen molar-refractivity contribution < 1.29 is 42.2 Å². The van der Waals surface area contributed by atoms with E-state index in [1.165, 1.54) is 15.8 Å². The number of primary amides is 1. The van der Waals surface area contributed by atoms with Crippen molar-refractivity contribution >= 4 is 11.8 Å². The second kappa shape index (κ2) is 11.2. The number of fused-ring (bicyclic) bond motifs is 5. The summed E-state index contributed by atoms with van der Waals surface area (Å²) in [5.41, 5.74) is 2.04. The number of hydrogen-bond acceptors (Lipinski definition) is 8. The minimum atomic E-state index is -1.15. The molecule has 1 aromatic heterocycles. The predicted molar refractivity (Wildman–Crippen MR) is 143 cm³/mol. The van der Waals surface area contributed by atoms with Crippen molar-refractivity contribution in [1.29, 1.82) is 0 Å². The molecule has 14 heteroatoms. The summed E-state index contributed by atoms with van der Waals surface area (Å²) in [4.78, 5) is 46.5. The van der Waals surface area contributed by atoms with Crippen LogP contribution in [-0.2, 0) is 20.9 Å². The highest BCUT2D eigenvalue weighted by Gasteiger charge is 2.57. The van der Waals surface area contributed by atoms with Crippen molar-refractivity contribution in [2.75, 3.05) is 26.4 Å². The Balaban J connectivity index is 1.42. The molecule has 232 valence electrons. The summed E-state index contributed by atoms with van der Waals surface area (Å²) >= 11 is 0. The van der Waals surface area contributed by atoms with Gasteiger partial charge in [-0.15, -0.1) is 0 Å². The number of nitrogens with zero attached hydrogens (tertiary/aromatic N) is 3. The fourth-order valence-electron chi connectivity index (χ4n) is 6.71. The first kappa shape index (κ1) is 29.6. The van der Waals surface area contributed by atoms with Crippen LogP contribution >= 0.6 is 0 Å². The summed E-state index contributed by atoms with van der Waals surface area (Å²) in [5.74, 6) is -5.55. The third kappa shape index (κ3) is 5.19. The van der Waals surface area contributed by atoms with Crippen LogP contribution in [0.5, 0.6) is 5.75 Å². The molecule has 3 saturated heterocycles. The summed E-state index contributed by atoms with van der Waals surface area (Å²) in [6, 6.07) is 0.151. The molecule has 5 heterocycles. The lowest BCUT2D eigenvalue weighted by Crippen LogP contribution is -2.52. The molecule has 2 aromatic rings. The number of carbonyl (C=O) groups excluding carboxylic acids is 2. The van der Waals surface area contributed by atoms with Gasteiger partial charge in [0.2, 0.25) is 5.43 Å². The number of pyridine rings is 1. The molecule has 43 heavy (non-hydrogen) atoms. The second-order valence-electron chi connectivity index (χ2n) is 11.8. The quantitative estimate of drug-likeness (QED) is 0.512. The molecule has 2 amide bonds. The maximum absolute atomic E-state index is 14.8. The van der Waals surface area contributed by atoms with E-state index in [1.807, 2.05) is 6.92 Å². The molecule has 0 radical (unpaired) electrons. The highest BCUT2D eigenvalue weighted by atomic mass is 19.1. The Labute approximate surface area is 244 Å². The number of aromatic nitrogens is 1. The van der Waals surface area contributed by atoms with Gasteiger partial charge < -0.3 is 29.8 Å². The van der Waals surface area contributed by atoms with E-state index >= 15 is 0 Å². The third-order valence-electron chi connectivity index (χ3n) is 9.19. The number of halogens is 3. The molecule has 3 fully saturated rings. The number of ether oxygens (including phenoxy) is 2. The van der Waals surface area contributed by atoms with Gasteiger partial charge in [0.25, 0.3) is 11.8 Å². The van der Waals surface area contributed by atoms with Gasteiger partial charge in [-0.05, 0) is 38.5 Å². The zero-order valence-corrected chi connectivity index (χ0v) is 23.6. The molecule has 4 aliphatic rings. The maximum Gasteiger partial charge on any atom is 0.274 e. The summed E-state index contributed by atoms with van der Waals surface area (Å²) in [6.07, 6.45) is 2.96. The summed E-state index contributed by atoms with van der Waals surface area (Å²) in [6.45, 7) is 3.07. The largest absolute Gasteiger partial charge is 0.503 e. The first-order chi connectivity index (χ1) is 20.5. The number of aromatic hydroxyl groups is 1. The molecule has 1 unspecified atom stereocenters. The first-order valence-corrected chi connectivity index (χ1v) is 14.4. The molecule has 2 bridgehead atoms. The highest BCUT2D eigenvalue weighted by molar-refractivity contribution is 5.99. The van der Waals surface area contributed by atoms with Crippen molar-refractivity contribution in [1.82, 2.24) is 14.5 Å². The van der Waals surface area contributed by atoms with Gasteiger partial charge in [0, 0.05) is 56.1 Å². The van der Waals surface area contributed by atoms with Gasteiger partial charge >= 0.3 is 0 Å². The first-order valence-electron chi connectivity index (χ1n) is 14.4. The normalized spacial score (nSPS) is 27.9. The van der Waals surface area contributed by atoms with Crippen molar-refractivity contribution in [2.24, 2.45) is 11.7 Å². The number of hydrogen-bond donors (Lipinski definition) is 2. The van der Waals surface area contributed by atoms with Crippen LogP contribution in [0.15, 0.2) is 23.1 Å². The molecular weight excluding hydrogens is 573 g/mol. The Morgan fingerprint density at radius 2 is 1.86 bits per heavy atom. The third-order valence-corrected chi connectivity index (χ3v) is 9.19. The number of carbonyl (C=O) groups is 2. The van der Waals surface area contributed by atoms with Crippen LogP contribution in [0.25, 0.3) is 0 Å². The second-order valence-corrected chi connectivity index (χ2v) is 11.8. The molecule has 11 nitrogen and oxygen atoms in total. The Morgan fingerprint density at radius 3 is 2.53 bits per heavy atom. The maximum atomic E-state index is 14.8. The molecule has 0 aliphatic carbocycles. The number of amides is 2. The van der Waals surface area contributed by atoms with E-state index < -0.39 is 76.0 Å². The van der Waals surface area contributed by atoms with E-state index in [-0.39, 0.29) is 30.6 Å². The number of benzene rings is 1. The van der Waals surface area contributed by atoms with E-state index in [0.717, 1.165) is 12.8 Å². The fourth-order valence-corrected chi connectivity index (χ4v) is 6.71. The van der Waals surface area contributed by atoms with Crippen LogP contribution < -0.4 is 11.2 Å². The minimum Gasteiger partial charge on any atom is -0.503 e. The van der Waals surface area contributed by atoms with Crippen molar-refractivity contribution in [3.63, 3.8) is 0 Å². The SMILES string of the molecule is C[C@H]1CC[C@]2(CC(OCC3CCOCC3)N(Cc3c(F)cc(F)cc3F)O2)[C@H]2CN1C(=O)c1c(O)c(=O)c(C(N)=O)cn12. The standard InChI is InChI=1S/C29H33F3N4O7/c1-15-2-5-29(22-13-34(15)28(40)24-26(38)25(37)19(27(33)39)11-35(22)24)10-23(42-14-16-3-6-41-7-4-16)36(43-29)12-18-20(31)8-17(30)9-21(18)32/h8-9,11,15-16,22-23,38H,2-7,10,12-14H2,1H3,(H2,33,39)/t15-,22+,23?,29-/m0/s1. The van der Waals surface area contributed by atoms with Gasteiger partial charge in [0.15, 0.2) is 11.4 Å². The Morgan fingerprint density at radius 1 is 1.16 bits per heavy atom. The Hall–Kier alpha value is -3.46. The zero-order valence-electron chi connectivity index (χ0n) is 23.6. The molecule has 6 rings (SSSR count). The number of hydroxylamine groups is 2. The summed E-state index contributed by atoms with van der Waals surface area (Å²) in [7, 11) is 0. The van der Waals surface area contributed by atoms with E-state index in [0.29, 0.717) is 44.8 Å². The van der Waals surface area contributed by atoms with Crippen molar-refractivity contribution in [3.8, 4) is 5.75 Å². The van der Waals surface area contributed by atoms with Crippen LogP contribution in [0, 0.1) is 23.4 Å². The smallest absolute Gasteiger partial charge is 0.274 e. The molecule has 4 aliphatic heterocycles. The van der Waals surface area contributed by atoms with Crippen molar-refractivity contribution in [2.45, 2.75) is 69.5 Å². The van der Waals surface area contributed by atoms with Crippen molar-refractivity contribution in [3.05, 3.63) is 62.8 Å². The minimum absolute atomic E-state index is 0.104. The van der Waals surface area contributed by atoms with Crippen LogP contribution in [0.4, 0.5) is 13.2 Å². The molecule has 1 aromatic carbocycles. The highest BCUT2D eigenvalue weighted by Crippen LogP contribution is 2.49. The van der Waals surface area contributed by atoms with Gasteiger partial charge in [0.05, 0.1) is 19.2 Å². The monoisotopic (exact) mass is 606 g/mol. The average molecular weight is 607 g/mol. The lowest BCUT2D eigenvalue weighted by atomic mass is 9.85. The topological polar surface area (TPSA) is 137 Å². The van der Waals surface area contributed by atoms with Gasteiger partial charge in [-0.3, -0.25) is 19.2 Å². The van der Waals surface area contributed by atoms with Gasteiger partial charge in [-0.1, -0.05) is 0 Å². The van der Waals surface area contributed by atoms with E-state index in [4.69, 9.17) is 20.0 Å².